The van der Waals surface area contributed by atoms with Gasteiger partial charge in [0.2, 0.25) is 15.9 Å². The third kappa shape index (κ3) is 6.18. The molecule has 2 aromatic carbocycles. The van der Waals surface area contributed by atoms with Gasteiger partial charge in [-0.1, -0.05) is 12.1 Å². The van der Waals surface area contributed by atoms with Crippen molar-refractivity contribution in [1.29, 1.82) is 0 Å². The van der Waals surface area contributed by atoms with Crippen molar-refractivity contribution in [3.63, 3.8) is 0 Å². The summed E-state index contributed by atoms with van der Waals surface area (Å²) in [5, 5.41) is 8.89. The number of carbonyl (C=O) groups is 1. The van der Waals surface area contributed by atoms with E-state index in [9.17, 15) is 39.6 Å². The Morgan fingerprint density at radius 3 is 2.24 bits per heavy atom. The zero-order valence-electron chi connectivity index (χ0n) is 19.7. The quantitative estimate of drug-likeness (QED) is 0.276. The van der Waals surface area contributed by atoms with E-state index in [1.165, 1.54) is 18.3 Å². The van der Waals surface area contributed by atoms with Crippen molar-refractivity contribution in [2.75, 3.05) is 13.1 Å². The molecule has 2 unspecified atom stereocenters. The summed E-state index contributed by atoms with van der Waals surface area (Å²) in [5.74, 6) is -1.11. The molecule has 1 aromatic heterocycles. The Morgan fingerprint density at radius 1 is 1.00 bits per heavy atom. The van der Waals surface area contributed by atoms with Crippen molar-refractivity contribution in [1.82, 2.24) is 20.2 Å². The lowest BCUT2D eigenvalue weighted by Gasteiger charge is -2.13. The smallest absolute Gasteiger partial charge is 0.355 e. The minimum absolute atomic E-state index is 0.0165. The van der Waals surface area contributed by atoms with Gasteiger partial charge in [0, 0.05) is 30.3 Å². The number of sulfonamides is 1. The lowest BCUT2D eigenvalue weighted by Crippen LogP contribution is -2.35. The first-order valence-electron chi connectivity index (χ1n) is 11.3. The van der Waals surface area contributed by atoms with Crippen molar-refractivity contribution in [3.8, 4) is 11.1 Å². The van der Waals surface area contributed by atoms with Gasteiger partial charge in [0.15, 0.2) is 0 Å². The zero-order chi connectivity index (χ0) is 27.9. The van der Waals surface area contributed by atoms with E-state index in [1.54, 1.807) is 6.92 Å². The fourth-order valence-electron chi connectivity index (χ4n) is 4.07. The molecule has 38 heavy (non-hydrogen) atoms. The van der Waals surface area contributed by atoms with Crippen molar-refractivity contribution in [3.05, 3.63) is 71.0 Å². The Bertz CT molecular complexity index is 1430. The van der Waals surface area contributed by atoms with Crippen molar-refractivity contribution >= 4 is 15.9 Å². The Morgan fingerprint density at radius 2 is 1.66 bits per heavy atom. The summed E-state index contributed by atoms with van der Waals surface area (Å²) in [4.78, 5) is 11.8. The molecule has 7 nitrogen and oxygen atoms in total. The number of H-pyrrole nitrogens is 1. The summed E-state index contributed by atoms with van der Waals surface area (Å²) in [5.41, 5.74) is -0.560. The van der Waals surface area contributed by atoms with Gasteiger partial charge in [0.1, 0.15) is 0 Å². The SMILES string of the molecule is Cc1[nH]ncc1-c1cc(C(F)(F)F)cc(S(=O)(=O)NCCNC(=O)C2CC2c2ccc(C(F)(F)F)cc2)c1. The predicted octanol–water partition coefficient (Wildman–Crippen LogP) is 4.62. The number of alkyl halides is 6. The molecule has 1 aliphatic rings. The standard InChI is InChI=1S/C24H22F6N4O3S/c1-13-21(12-32-34-13)15-8-17(24(28,29)30)10-18(9-15)38(36,37)33-7-6-31-22(35)20-11-19(20)14-2-4-16(5-3-14)23(25,26)27/h2-5,8-10,12,19-20,33H,6-7,11H2,1H3,(H,31,35)(H,32,34). The second-order valence-corrected chi connectivity index (χ2v) is 10.7. The normalized spacial score (nSPS) is 17.9. The van der Waals surface area contributed by atoms with Crippen molar-refractivity contribution in [2.24, 2.45) is 5.92 Å². The minimum Gasteiger partial charge on any atom is -0.355 e. The van der Waals surface area contributed by atoms with Gasteiger partial charge in [0.05, 0.1) is 22.2 Å². The van der Waals surface area contributed by atoms with E-state index in [2.05, 4.69) is 20.2 Å². The molecule has 1 amide bonds. The third-order valence-corrected chi connectivity index (χ3v) is 7.64. The molecule has 0 bridgehead atoms. The van der Waals surface area contributed by atoms with Gasteiger partial charge in [-0.3, -0.25) is 9.89 Å². The highest BCUT2D eigenvalue weighted by Crippen LogP contribution is 2.48. The van der Waals surface area contributed by atoms with Gasteiger partial charge < -0.3 is 5.32 Å². The molecule has 3 N–H and O–H groups in total. The number of nitrogens with one attached hydrogen (secondary N) is 3. The molecule has 1 saturated carbocycles. The average molecular weight is 561 g/mol. The average Bonchev–Trinajstić information content (AvgIpc) is 3.53. The molecule has 14 heteroatoms. The van der Waals surface area contributed by atoms with Crippen LogP contribution in [-0.4, -0.2) is 37.6 Å². The lowest BCUT2D eigenvalue weighted by atomic mass is 10.0. The van der Waals surface area contributed by atoms with Crippen LogP contribution in [0.3, 0.4) is 0 Å². The van der Waals surface area contributed by atoms with Gasteiger partial charge in [0.25, 0.3) is 0 Å². The number of aromatic amines is 1. The highest BCUT2D eigenvalue weighted by molar-refractivity contribution is 7.89. The third-order valence-electron chi connectivity index (χ3n) is 6.19. The topological polar surface area (TPSA) is 104 Å². The second-order valence-electron chi connectivity index (χ2n) is 8.91. The molecular formula is C24H22F6N4O3S. The molecule has 2 atom stereocenters. The maximum atomic E-state index is 13.4. The van der Waals surface area contributed by atoms with Crippen molar-refractivity contribution < 1.29 is 39.6 Å². The lowest BCUT2D eigenvalue weighted by molar-refractivity contribution is -0.138. The molecule has 4 rings (SSSR count). The fourth-order valence-corrected chi connectivity index (χ4v) is 5.17. The maximum Gasteiger partial charge on any atom is 0.416 e. The highest BCUT2D eigenvalue weighted by Gasteiger charge is 2.44. The summed E-state index contributed by atoms with van der Waals surface area (Å²) in [6.07, 6.45) is -7.52. The number of aromatic nitrogens is 2. The summed E-state index contributed by atoms with van der Waals surface area (Å²) in [7, 11) is -4.37. The number of rotatable bonds is 8. The largest absolute Gasteiger partial charge is 0.416 e. The molecule has 0 radical (unpaired) electrons. The Balaban J connectivity index is 1.36. The van der Waals surface area contributed by atoms with Crippen LogP contribution >= 0.6 is 0 Å². The van der Waals surface area contributed by atoms with Crippen LogP contribution < -0.4 is 10.0 Å². The summed E-state index contributed by atoms with van der Waals surface area (Å²) < 4.78 is 106. The first-order valence-corrected chi connectivity index (χ1v) is 12.8. The summed E-state index contributed by atoms with van der Waals surface area (Å²) in [6.45, 7) is 1.16. The van der Waals surface area contributed by atoms with Crippen LogP contribution in [-0.2, 0) is 27.2 Å². The number of carbonyl (C=O) groups excluding carboxylic acids is 1. The molecule has 0 aliphatic heterocycles. The zero-order valence-corrected chi connectivity index (χ0v) is 20.6. The summed E-state index contributed by atoms with van der Waals surface area (Å²) >= 11 is 0. The highest BCUT2D eigenvalue weighted by atomic mass is 32.2. The molecule has 1 aliphatic carbocycles. The molecule has 0 saturated heterocycles. The maximum absolute atomic E-state index is 13.4. The van der Waals surface area contributed by atoms with E-state index in [1.807, 2.05) is 0 Å². The Hall–Kier alpha value is -3.39. The van der Waals surface area contributed by atoms with Gasteiger partial charge in [-0.25, -0.2) is 13.1 Å². The number of hydrogen-bond donors (Lipinski definition) is 3. The van der Waals surface area contributed by atoms with Crippen molar-refractivity contribution in [2.45, 2.75) is 36.5 Å². The van der Waals surface area contributed by atoms with E-state index < -0.39 is 50.2 Å². The van der Waals surface area contributed by atoms with Gasteiger partial charge in [-0.2, -0.15) is 31.4 Å². The number of amides is 1. The van der Waals surface area contributed by atoms with Crippen LogP contribution in [0.15, 0.2) is 53.6 Å². The molecule has 3 aromatic rings. The Kier molecular flexibility index (Phi) is 7.32. The number of hydrogen-bond acceptors (Lipinski definition) is 4. The van der Waals surface area contributed by atoms with Crippen LogP contribution in [0.2, 0.25) is 0 Å². The molecule has 0 spiro atoms. The molecule has 204 valence electrons. The Labute approximate surface area is 213 Å². The van der Waals surface area contributed by atoms with Crippen LogP contribution in [0.4, 0.5) is 26.3 Å². The van der Waals surface area contributed by atoms with E-state index in [-0.39, 0.29) is 24.6 Å². The number of benzene rings is 2. The van der Waals surface area contributed by atoms with E-state index >= 15 is 0 Å². The van der Waals surface area contributed by atoms with E-state index in [0.717, 1.165) is 24.3 Å². The number of aryl methyl sites for hydroxylation is 1. The van der Waals surface area contributed by atoms with Crippen LogP contribution in [0.25, 0.3) is 11.1 Å². The first-order chi connectivity index (χ1) is 17.7. The van der Waals surface area contributed by atoms with Gasteiger partial charge in [-0.15, -0.1) is 0 Å². The molecule has 1 fully saturated rings. The van der Waals surface area contributed by atoms with Crippen LogP contribution in [0, 0.1) is 12.8 Å². The summed E-state index contributed by atoms with van der Waals surface area (Å²) in [6, 6.07) is 7.01. The van der Waals surface area contributed by atoms with Gasteiger partial charge in [-0.05, 0) is 60.7 Å². The molecule has 1 heterocycles. The number of halogens is 6. The molecular weight excluding hydrogens is 538 g/mol. The van der Waals surface area contributed by atoms with Gasteiger partial charge >= 0.3 is 12.4 Å². The predicted molar refractivity (Wildman–Crippen MR) is 124 cm³/mol. The van der Waals surface area contributed by atoms with Crippen LogP contribution in [0.5, 0.6) is 0 Å². The van der Waals surface area contributed by atoms with E-state index in [0.29, 0.717) is 29.3 Å². The van der Waals surface area contributed by atoms with E-state index in [4.69, 9.17) is 0 Å². The number of nitrogens with zero attached hydrogens (tertiary/aromatic N) is 1. The van der Waals surface area contributed by atoms with Crippen LogP contribution in [0.1, 0.15) is 34.7 Å². The fraction of sp³-hybridized carbons (Fsp3) is 0.333. The monoisotopic (exact) mass is 560 g/mol. The first kappa shape index (κ1) is 27.6. The second kappa shape index (κ2) is 10.1. The minimum atomic E-state index is -4.79.